The Morgan fingerprint density at radius 1 is 1.00 bits per heavy atom. The summed E-state index contributed by atoms with van der Waals surface area (Å²) in [6.45, 7) is 2.04. The normalized spacial score (nSPS) is 14.6. The molecule has 0 radical (unpaired) electrons. The van der Waals surface area contributed by atoms with Crippen molar-refractivity contribution in [2.75, 3.05) is 11.4 Å². The quantitative estimate of drug-likeness (QED) is 0.719. The minimum atomic E-state index is 0.979. The van der Waals surface area contributed by atoms with Gasteiger partial charge in [0, 0.05) is 37.1 Å². The SMILES string of the molecule is c1ccc(N2CCc3ncccc3C2)cc1. The van der Waals surface area contributed by atoms with E-state index < -0.39 is 0 Å². The predicted molar refractivity (Wildman–Crippen MR) is 65.4 cm³/mol. The molecule has 0 bridgehead atoms. The lowest BCUT2D eigenvalue weighted by atomic mass is 10.1. The lowest BCUT2D eigenvalue weighted by Gasteiger charge is -2.29. The van der Waals surface area contributed by atoms with Crippen LogP contribution in [0, 0.1) is 0 Å². The van der Waals surface area contributed by atoms with Gasteiger partial charge in [0.25, 0.3) is 0 Å². The minimum Gasteiger partial charge on any atom is -0.367 e. The summed E-state index contributed by atoms with van der Waals surface area (Å²) in [6.07, 6.45) is 2.93. The van der Waals surface area contributed by atoms with Gasteiger partial charge >= 0.3 is 0 Å². The summed E-state index contributed by atoms with van der Waals surface area (Å²) in [5.41, 5.74) is 3.92. The third-order valence-electron chi connectivity index (χ3n) is 3.09. The lowest BCUT2D eigenvalue weighted by molar-refractivity contribution is 0.712. The van der Waals surface area contributed by atoms with Gasteiger partial charge in [-0.1, -0.05) is 24.3 Å². The number of para-hydroxylation sites is 1. The van der Waals surface area contributed by atoms with E-state index in [4.69, 9.17) is 0 Å². The second-order valence-electron chi connectivity index (χ2n) is 4.12. The zero-order valence-electron chi connectivity index (χ0n) is 9.13. The van der Waals surface area contributed by atoms with E-state index in [9.17, 15) is 0 Å². The molecule has 1 aliphatic rings. The number of pyridine rings is 1. The second kappa shape index (κ2) is 3.97. The van der Waals surface area contributed by atoms with Gasteiger partial charge in [0.05, 0.1) is 0 Å². The number of anilines is 1. The molecule has 0 saturated carbocycles. The molecule has 1 aromatic carbocycles. The van der Waals surface area contributed by atoms with Crippen LogP contribution in [0.1, 0.15) is 11.3 Å². The topological polar surface area (TPSA) is 16.1 Å². The molecule has 0 aliphatic carbocycles. The molecule has 2 heteroatoms. The van der Waals surface area contributed by atoms with E-state index >= 15 is 0 Å². The molecule has 0 N–H and O–H groups in total. The van der Waals surface area contributed by atoms with Crippen molar-refractivity contribution in [3.8, 4) is 0 Å². The van der Waals surface area contributed by atoms with Gasteiger partial charge in [0.1, 0.15) is 0 Å². The number of hydrogen-bond donors (Lipinski definition) is 0. The van der Waals surface area contributed by atoms with Crippen molar-refractivity contribution in [3.05, 3.63) is 59.9 Å². The Morgan fingerprint density at radius 2 is 1.88 bits per heavy atom. The van der Waals surface area contributed by atoms with Crippen LogP contribution in [0.3, 0.4) is 0 Å². The molecule has 1 aliphatic heterocycles. The molecule has 0 fully saturated rings. The van der Waals surface area contributed by atoms with Crippen molar-refractivity contribution < 1.29 is 0 Å². The Hall–Kier alpha value is -1.83. The van der Waals surface area contributed by atoms with Gasteiger partial charge in [-0.15, -0.1) is 0 Å². The third kappa shape index (κ3) is 1.67. The monoisotopic (exact) mass is 210 g/mol. The highest BCUT2D eigenvalue weighted by Gasteiger charge is 2.16. The molecule has 2 nitrogen and oxygen atoms in total. The largest absolute Gasteiger partial charge is 0.367 e. The van der Waals surface area contributed by atoms with Crippen LogP contribution in [-0.2, 0) is 13.0 Å². The first-order valence-corrected chi connectivity index (χ1v) is 5.66. The molecule has 0 unspecified atom stereocenters. The van der Waals surface area contributed by atoms with Gasteiger partial charge in [-0.05, 0) is 23.8 Å². The van der Waals surface area contributed by atoms with Gasteiger partial charge in [-0.3, -0.25) is 4.98 Å². The first-order chi connectivity index (χ1) is 7.93. The van der Waals surface area contributed by atoms with Crippen LogP contribution in [0.4, 0.5) is 5.69 Å². The third-order valence-corrected chi connectivity index (χ3v) is 3.09. The summed E-state index contributed by atoms with van der Waals surface area (Å²) in [5.74, 6) is 0. The van der Waals surface area contributed by atoms with E-state index in [0.29, 0.717) is 0 Å². The Morgan fingerprint density at radius 3 is 2.75 bits per heavy atom. The molecule has 1 aromatic heterocycles. The molecule has 3 rings (SSSR count). The smallest absolute Gasteiger partial charge is 0.0471 e. The van der Waals surface area contributed by atoms with Gasteiger partial charge in [-0.2, -0.15) is 0 Å². The number of fused-ring (bicyclic) bond motifs is 1. The maximum absolute atomic E-state index is 4.42. The van der Waals surface area contributed by atoms with Crippen molar-refractivity contribution in [1.82, 2.24) is 4.98 Å². The molecular formula is C14H14N2. The average molecular weight is 210 g/mol. The van der Waals surface area contributed by atoms with E-state index in [-0.39, 0.29) is 0 Å². The maximum Gasteiger partial charge on any atom is 0.0471 e. The molecule has 0 spiro atoms. The number of nitrogens with zero attached hydrogens (tertiary/aromatic N) is 2. The number of aromatic nitrogens is 1. The number of rotatable bonds is 1. The van der Waals surface area contributed by atoms with E-state index in [1.807, 2.05) is 12.3 Å². The molecule has 0 amide bonds. The molecule has 2 heterocycles. The fourth-order valence-corrected chi connectivity index (χ4v) is 2.23. The molecule has 0 saturated heterocycles. The van der Waals surface area contributed by atoms with Crippen molar-refractivity contribution in [2.45, 2.75) is 13.0 Å². The van der Waals surface area contributed by atoms with Crippen LogP contribution in [0.5, 0.6) is 0 Å². The standard InChI is InChI=1S/C14H14N2/c1-2-6-13(7-3-1)16-10-8-14-12(11-16)5-4-9-15-14/h1-7,9H,8,10-11H2. The van der Waals surface area contributed by atoms with Gasteiger partial charge < -0.3 is 4.90 Å². The second-order valence-corrected chi connectivity index (χ2v) is 4.12. The summed E-state index contributed by atoms with van der Waals surface area (Å²) in [6, 6.07) is 14.8. The molecule has 0 atom stereocenters. The van der Waals surface area contributed by atoms with Crippen molar-refractivity contribution in [2.24, 2.45) is 0 Å². The molecule has 80 valence electrons. The fourth-order valence-electron chi connectivity index (χ4n) is 2.23. The average Bonchev–Trinajstić information content (AvgIpc) is 2.39. The first-order valence-electron chi connectivity index (χ1n) is 5.66. The molecule has 2 aromatic rings. The van der Waals surface area contributed by atoms with E-state index in [2.05, 4.69) is 46.3 Å². The first kappa shape index (κ1) is 9.40. The summed E-state index contributed by atoms with van der Waals surface area (Å²) >= 11 is 0. The number of hydrogen-bond acceptors (Lipinski definition) is 2. The summed E-state index contributed by atoms with van der Waals surface area (Å²) in [5, 5.41) is 0. The fraction of sp³-hybridized carbons (Fsp3) is 0.214. The van der Waals surface area contributed by atoms with Crippen LogP contribution in [0.15, 0.2) is 48.7 Å². The summed E-state index contributed by atoms with van der Waals surface area (Å²) < 4.78 is 0. The summed E-state index contributed by atoms with van der Waals surface area (Å²) in [4.78, 5) is 6.83. The predicted octanol–water partition coefficient (Wildman–Crippen LogP) is 2.64. The van der Waals surface area contributed by atoms with Crippen LogP contribution in [0.25, 0.3) is 0 Å². The van der Waals surface area contributed by atoms with Crippen molar-refractivity contribution in [1.29, 1.82) is 0 Å². The lowest BCUT2D eigenvalue weighted by Crippen LogP contribution is -2.30. The van der Waals surface area contributed by atoms with E-state index in [1.54, 1.807) is 0 Å². The summed E-state index contributed by atoms with van der Waals surface area (Å²) in [7, 11) is 0. The Kier molecular flexibility index (Phi) is 2.33. The zero-order chi connectivity index (χ0) is 10.8. The highest BCUT2D eigenvalue weighted by atomic mass is 15.1. The highest BCUT2D eigenvalue weighted by molar-refractivity contribution is 5.48. The van der Waals surface area contributed by atoms with Crippen LogP contribution in [-0.4, -0.2) is 11.5 Å². The number of benzene rings is 1. The van der Waals surface area contributed by atoms with Crippen molar-refractivity contribution in [3.63, 3.8) is 0 Å². The van der Waals surface area contributed by atoms with Crippen LogP contribution in [0.2, 0.25) is 0 Å². The maximum atomic E-state index is 4.42. The van der Waals surface area contributed by atoms with Crippen molar-refractivity contribution >= 4 is 5.69 Å². The van der Waals surface area contributed by atoms with Crippen LogP contribution < -0.4 is 4.90 Å². The highest BCUT2D eigenvalue weighted by Crippen LogP contribution is 2.22. The molecule has 16 heavy (non-hydrogen) atoms. The molecular weight excluding hydrogens is 196 g/mol. The van der Waals surface area contributed by atoms with Gasteiger partial charge in [-0.25, -0.2) is 0 Å². The van der Waals surface area contributed by atoms with E-state index in [1.165, 1.54) is 16.9 Å². The Labute approximate surface area is 95.6 Å². The Balaban J connectivity index is 1.89. The van der Waals surface area contributed by atoms with Crippen LogP contribution >= 0.6 is 0 Å². The van der Waals surface area contributed by atoms with Gasteiger partial charge in [0.15, 0.2) is 0 Å². The Bertz CT molecular complexity index is 479. The minimum absolute atomic E-state index is 0.979. The van der Waals surface area contributed by atoms with E-state index in [0.717, 1.165) is 19.5 Å². The van der Waals surface area contributed by atoms with Gasteiger partial charge in [0.2, 0.25) is 0 Å². The zero-order valence-corrected chi connectivity index (χ0v) is 9.13.